The molecule has 5 nitrogen and oxygen atoms in total. The Kier molecular flexibility index (Phi) is 6.85. The molecule has 0 bridgehead atoms. The van der Waals surface area contributed by atoms with Crippen LogP contribution in [0.1, 0.15) is 27.0 Å². The normalized spacial score (nSPS) is 14.5. The minimum Gasteiger partial charge on any atom is -0.489 e. The van der Waals surface area contributed by atoms with Gasteiger partial charge in [0.1, 0.15) is 12.4 Å². The molecule has 1 aliphatic rings. The van der Waals surface area contributed by atoms with Crippen molar-refractivity contribution in [2.75, 3.05) is 26.2 Å². The number of aromatic nitrogens is 1. The number of piperazine rings is 1. The highest BCUT2D eigenvalue weighted by Crippen LogP contribution is 2.23. The first-order valence-corrected chi connectivity index (χ1v) is 10.8. The molecule has 31 heavy (non-hydrogen) atoms. The van der Waals surface area contributed by atoms with Crippen LogP contribution in [0.4, 0.5) is 0 Å². The van der Waals surface area contributed by atoms with E-state index in [1.807, 2.05) is 66.6 Å². The summed E-state index contributed by atoms with van der Waals surface area (Å²) in [5, 5.41) is 0.693. The summed E-state index contributed by atoms with van der Waals surface area (Å²) in [6.07, 6.45) is 3.69. The van der Waals surface area contributed by atoms with Crippen LogP contribution in [-0.4, -0.2) is 46.9 Å². The van der Waals surface area contributed by atoms with Gasteiger partial charge in [-0.3, -0.25) is 14.7 Å². The number of carbonyl (C=O) groups excluding carboxylic acids is 1. The second-order valence-electron chi connectivity index (χ2n) is 7.83. The van der Waals surface area contributed by atoms with E-state index in [1.165, 1.54) is 5.56 Å². The van der Waals surface area contributed by atoms with Crippen LogP contribution in [-0.2, 0) is 13.2 Å². The van der Waals surface area contributed by atoms with Gasteiger partial charge in [-0.2, -0.15) is 0 Å². The molecule has 0 spiro atoms. The van der Waals surface area contributed by atoms with E-state index in [4.69, 9.17) is 16.3 Å². The third-order valence-electron chi connectivity index (χ3n) is 5.49. The van der Waals surface area contributed by atoms with Crippen LogP contribution in [0.15, 0.2) is 67.0 Å². The molecule has 0 aliphatic carbocycles. The van der Waals surface area contributed by atoms with Gasteiger partial charge in [-0.25, -0.2) is 0 Å². The third kappa shape index (κ3) is 5.63. The minimum absolute atomic E-state index is 0.0746. The van der Waals surface area contributed by atoms with Crippen molar-refractivity contribution in [3.05, 3.63) is 94.3 Å². The van der Waals surface area contributed by atoms with Gasteiger partial charge in [0.25, 0.3) is 5.91 Å². The molecule has 0 unspecified atom stereocenters. The van der Waals surface area contributed by atoms with Crippen LogP contribution in [0.25, 0.3) is 0 Å². The van der Waals surface area contributed by atoms with Crippen molar-refractivity contribution < 1.29 is 9.53 Å². The number of nitrogens with zero attached hydrogens (tertiary/aromatic N) is 3. The summed E-state index contributed by atoms with van der Waals surface area (Å²) in [6.45, 7) is 6.41. The first-order chi connectivity index (χ1) is 15.1. The summed E-state index contributed by atoms with van der Waals surface area (Å²) in [7, 11) is 0. The van der Waals surface area contributed by atoms with Crippen LogP contribution < -0.4 is 4.74 Å². The maximum absolute atomic E-state index is 13.0. The van der Waals surface area contributed by atoms with E-state index in [9.17, 15) is 4.79 Å². The smallest absolute Gasteiger partial charge is 0.253 e. The largest absolute Gasteiger partial charge is 0.489 e. The van der Waals surface area contributed by atoms with Crippen LogP contribution in [0.5, 0.6) is 5.75 Å². The number of hydrogen-bond acceptors (Lipinski definition) is 4. The van der Waals surface area contributed by atoms with Gasteiger partial charge < -0.3 is 9.64 Å². The molecule has 0 saturated carbocycles. The highest BCUT2D eigenvalue weighted by atomic mass is 35.5. The molecule has 4 rings (SSSR count). The number of carbonyl (C=O) groups is 1. The van der Waals surface area contributed by atoms with E-state index in [-0.39, 0.29) is 5.91 Å². The number of halogens is 1. The summed E-state index contributed by atoms with van der Waals surface area (Å²) < 4.78 is 5.93. The van der Waals surface area contributed by atoms with Gasteiger partial charge in [0.05, 0.1) is 0 Å². The van der Waals surface area contributed by atoms with E-state index in [0.29, 0.717) is 17.2 Å². The Morgan fingerprint density at radius 3 is 2.58 bits per heavy atom. The van der Waals surface area contributed by atoms with Gasteiger partial charge in [0.15, 0.2) is 0 Å². The maximum atomic E-state index is 13.0. The Labute approximate surface area is 188 Å². The first-order valence-electron chi connectivity index (χ1n) is 10.5. The second kappa shape index (κ2) is 9.94. The Balaban J connectivity index is 1.33. The van der Waals surface area contributed by atoms with Crippen molar-refractivity contribution in [2.24, 2.45) is 0 Å². The fourth-order valence-electron chi connectivity index (χ4n) is 3.77. The summed E-state index contributed by atoms with van der Waals surface area (Å²) in [5.41, 5.74) is 3.86. The van der Waals surface area contributed by atoms with Crippen LogP contribution in [0, 0.1) is 6.92 Å². The Morgan fingerprint density at radius 2 is 1.84 bits per heavy atom. The molecule has 0 N–H and O–H groups in total. The molecular formula is C25H26ClN3O2. The van der Waals surface area contributed by atoms with Crippen molar-refractivity contribution in [3.63, 3.8) is 0 Å². The zero-order valence-electron chi connectivity index (χ0n) is 17.6. The van der Waals surface area contributed by atoms with Gasteiger partial charge >= 0.3 is 0 Å². The third-order valence-corrected chi connectivity index (χ3v) is 5.73. The molecule has 0 radical (unpaired) electrons. The fraction of sp³-hybridized carbons (Fsp3) is 0.280. The van der Waals surface area contributed by atoms with Gasteiger partial charge in [0, 0.05) is 55.7 Å². The lowest BCUT2D eigenvalue weighted by molar-refractivity contribution is 0.0628. The summed E-state index contributed by atoms with van der Waals surface area (Å²) in [6, 6.07) is 17.3. The maximum Gasteiger partial charge on any atom is 0.253 e. The highest BCUT2D eigenvalue weighted by Gasteiger charge is 2.22. The number of aryl methyl sites for hydroxylation is 1. The first kappa shape index (κ1) is 21.3. The summed E-state index contributed by atoms with van der Waals surface area (Å²) >= 11 is 6.01. The molecule has 1 fully saturated rings. The number of rotatable bonds is 6. The van der Waals surface area contributed by atoms with Crippen molar-refractivity contribution >= 4 is 17.5 Å². The molecule has 1 aromatic heterocycles. The van der Waals surface area contributed by atoms with E-state index in [1.54, 1.807) is 6.20 Å². The second-order valence-corrected chi connectivity index (χ2v) is 8.26. The monoisotopic (exact) mass is 435 g/mol. The van der Waals surface area contributed by atoms with Gasteiger partial charge in [0.2, 0.25) is 0 Å². The Bertz CT molecular complexity index is 1030. The zero-order chi connectivity index (χ0) is 21.6. The molecular weight excluding hydrogens is 410 g/mol. The lowest BCUT2D eigenvalue weighted by atomic mass is 10.1. The highest BCUT2D eigenvalue weighted by molar-refractivity contribution is 6.30. The SMILES string of the molecule is Cc1cc(Cl)ccc1OCc1cccc(C(=O)N2CCN(Cc3cccnc3)CC2)c1. The molecule has 2 aromatic carbocycles. The van der Waals surface area contributed by atoms with E-state index in [0.717, 1.165) is 49.6 Å². The number of hydrogen-bond donors (Lipinski definition) is 0. The van der Waals surface area contributed by atoms with Crippen molar-refractivity contribution in [1.29, 1.82) is 0 Å². The molecule has 3 aromatic rings. The van der Waals surface area contributed by atoms with Crippen LogP contribution in [0.3, 0.4) is 0 Å². The van der Waals surface area contributed by atoms with Gasteiger partial charge in [-0.15, -0.1) is 0 Å². The van der Waals surface area contributed by atoms with Crippen molar-refractivity contribution in [3.8, 4) is 5.75 Å². The van der Waals surface area contributed by atoms with Crippen molar-refractivity contribution in [2.45, 2.75) is 20.1 Å². The molecule has 160 valence electrons. The van der Waals surface area contributed by atoms with Crippen molar-refractivity contribution in [1.82, 2.24) is 14.8 Å². The lowest BCUT2D eigenvalue weighted by Crippen LogP contribution is -2.48. The Morgan fingerprint density at radius 1 is 1.03 bits per heavy atom. The van der Waals surface area contributed by atoms with E-state index >= 15 is 0 Å². The molecule has 2 heterocycles. The molecule has 1 amide bonds. The average molecular weight is 436 g/mol. The quantitative estimate of drug-likeness (QED) is 0.568. The summed E-state index contributed by atoms with van der Waals surface area (Å²) in [5.74, 6) is 0.872. The topological polar surface area (TPSA) is 45.7 Å². The predicted molar refractivity (Wildman–Crippen MR) is 122 cm³/mol. The molecule has 0 atom stereocenters. The average Bonchev–Trinajstić information content (AvgIpc) is 2.79. The standard InChI is InChI=1S/C25H26ClN3O2/c1-19-14-23(26)7-8-24(19)31-18-20-4-2-6-22(15-20)25(30)29-12-10-28(11-13-29)17-21-5-3-9-27-16-21/h2-9,14-16H,10-13,17-18H2,1H3. The van der Waals surface area contributed by atoms with E-state index < -0.39 is 0 Å². The molecule has 1 aliphatic heterocycles. The number of benzene rings is 2. The van der Waals surface area contributed by atoms with Crippen LogP contribution in [0.2, 0.25) is 5.02 Å². The molecule has 1 saturated heterocycles. The predicted octanol–water partition coefficient (Wildman–Crippen LogP) is 4.58. The van der Waals surface area contributed by atoms with Gasteiger partial charge in [-0.05, 0) is 60.0 Å². The number of amides is 1. The minimum atomic E-state index is 0.0746. The number of ether oxygens (including phenoxy) is 1. The summed E-state index contributed by atoms with van der Waals surface area (Å²) in [4.78, 5) is 21.5. The number of pyridine rings is 1. The molecule has 6 heteroatoms. The fourth-order valence-corrected chi connectivity index (χ4v) is 4.00. The zero-order valence-corrected chi connectivity index (χ0v) is 18.4. The van der Waals surface area contributed by atoms with Crippen LogP contribution >= 0.6 is 11.6 Å². The Hall–Kier alpha value is -2.89. The lowest BCUT2D eigenvalue weighted by Gasteiger charge is -2.34. The van der Waals surface area contributed by atoms with Gasteiger partial charge in [-0.1, -0.05) is 29.8 Å². The van der Waals surface area contributed by atoms with E-state index in [2.05, 4.69) is 16.0 Å².